The van der Waals surface area contributed by atoms with Gasteiger partial charge < -0.3 is 14.7 Å². The van der Waals surface area contributed by atoms with E-state index in [9.17, 15) is 5.11 Å². The summed E-state index contributed by atoms with van der Waals surface area (Å²) in [6.07, 6.45) is 0.994. The van der Waals surface area contributed by atoms with Gasteiger partial charge in [-0.2, -0.15) is 0 Å². The number of hydrogen-bond donors (Lipinski definition) is 1. The van der Waals surface area contributed by atoms with E-state index in [4.69, 9.17) is 4.74 Å². The number of nitrogens with zero attached hydrogens (tertiary/aromatic N) is 1. The highest BCUT2D eigenvalue weighted by Gasteiger charge is 2.25. The number of benzene rings is 2. The summed E-state index contributed by atoms with van der Waals surface area (Å²) in [5.74, 6) is 1.03. The molecule has 3 rings (SSSR count). The quantitative estimate of drug-likeness (QED) is 0.934. The summed E-state index contributed by atoms with van der Waals surface area (Å²) in [6.45, 7) is 8.23. The minimum absolute atomic E-state index is 0.107. The zero-order valence-corrected chi connectivity index (χ0v) is 13.5. The number of likely N-dealkylation sites (N-methyl/N-ethyl adjacent to an activating group) is 1. The molecule has 22 heavy (non-hydrogen) atoms. The first-order valence-corrected chi connectivity index (χ1v) is 7.87. The highest BCUT2D eigenvalue weighted by atomic mass is 16.5. The van der Waals surface area contributed by atoms with Crippen molar-refractivity contribution in [2.24, 2.45) is 0 Å². The van der Waals surface area contributed by atoms with Crippen LogP contribution >= 0.6 is 0 Å². The van der Waals surface area contributed by atoms with Crippen molar-refractivity contribution in [3.05, 3.63) is 53.1 Å². The minimum atomic E-state index is 0.107. The van der Waals surface area contributed by atoms with E-state index in [1.165, 1.54) is 16.7 Å². The third-order valence-electron chi connectivity index (χ3n) is 4.33. The molecule has 1 aliphatic rings. The average molecular weight is 297 g/mol. The summed E-state index contributed by atoms with van der Waals surface area (Å²) in [6, 6.07) is 11.9. The molecule has 0 fully saturated rings. The van der Waals surface area contributed by atoms with E-state index in [2.05, 4.69) is 43.9 Å². The summed E-state index contributed by atoms with van der Waals surface area (Å²) < 4.78 is 6.13. The Morgan fingerprint density at radius 1 is 1.18 bits per heavy atom. The van der Waals surface area contributed by atoms with Crippen LogP contribution in [0.2, 0.25) is 0 Å². The molecule has 0 saturated heterocycles. The fourth-order valence-corrected chi connectivity index (χ4v) is 3.15. The summed E-state index contributed by atoms with van der Waals surface area (Å²) in [7, 11) is 0. The van der Waals surface area contributed by atoms with Gasteiger partial charge in [0, 0.05) is 19.0 Å². The zero-order chi connectivity index (χ0) is 15.7. The lowest BCUT2D eigenvalue weighted by molar-refractivity contribution is 0.193. The predicted octanol–water partition coefficient (Wildman–Crippen LogP) is 3.84. The summed E-state index contributed by atoms with van der Waals surface area (Å²) >= 11 is 0. The molecule has 1 N–H and O–H groups in total. The molecule has 1 heterocycles. The van der Waals surface area contributed by atoms with Crippen LogP contribution in [0, 0.1) is 13.8 Å². The summed E-state index contributed by atoms with van der Waals surface area (Å²) in [5, 5.41) is 9.70. The maximum absolute atomic E-state index is 9.70. The standard InChI is InChI=1S/C19H23NO2/c1-4-20-12-17(10-15-6-5-13(2)9-14(15)3)22-19-11-16(21)7-8-18(19)20/h5-9,11,17,21H,4,10,12H2,1-3H3. The molecular weight excluding hydrogens is 274 g/mol. The Hall–Kier alpha value is -2.16. The number of anilines is 1. The molecule has 0 aromatic heterocycles. The molecule has 1 aliphatic heterocycles. The van der Waals surface area contributed by atoms with Gasteiger partial charge in [-0.15, -0.1) is 0 Å². The molecule has 0 saturated carbocycles. The highest BCUT2D eigenvalue weighted by molar-refractivity contribution is 5.62. The number of rotatable bonds is 3. The molecule has 0 radical (unpaired) electrons. The van der Waals surface area contributed by atoms with Crippen molar-refractivity contribution >= 4 is 5.69 Å². The van der Waals surface area contributed by atoms with Crippen LogP contribution in [-0.4, -0.2) is 24.3 Å². The molecule has 116 valence electrons. The van der Waals surface area contributed by atoms with Crippen LogP contribution < -0.4 is 9.64 Å². The van der Waals surface area contributed by atoms with Crippen molar-refractivity contribution in [3.8, 4) is 11.5 Å². The Bertz CT molecular complexity index is 681. The van der Waals surface area contributed by atoms with Crippen molar-refractivity contribution in [1.29, 1.82) is 0 Å². The molecule has 1 unspecified atom stereocenters. The second-order valence-corrected chi connectivity index (χ2v) is 6.06. The Morgan fingerprint density at radius 2 is 2.00 bits per heavy atom. The van der Waals surface area contributed by atoms with E-state index >= 15 is 0 Å². The highest BCUT2D eigenvalue weighted by Crippen LogP contribution is 2.36. The third-order valence-corrected chi connectivity index (χ3v) is 4.33. The molecular formula is C19H23NO2. The second-order valence-electron chi connectivity index (χ2n) is 6.06. The lowest BCUT2D eigenvalue weighted by Crippen LogP contribution is -2.41. The van der Waals surface area contributed by atoms with Gasteiger partial charge in [-0.25, -0.2) is 0 Å². The Morgan fingerprint density at radius 3 is 2.73 bits per heavy atom. The SMILES string of the molecule is CCN1CC(Cc2ccc(C)cc2C)Oc2cc(O)ccc21. The van der Waals surface area contributed by atoms with Gasteiger partial charge in [-0.1, -0.05) is 23.8 Å². The average Bonchev–Trinajstić information content (AvgIpc) is 2.49. The monoisotopic (exact) mass is 297 g/mol. The van der Waals surface area contributed by atoms with Gasteiger partial charge in [0.05, 0.1) is 12.2 Å². The number of fused-ring (bicyclic) bond motifs is 1. The van der Waals surface area contributed by atoms with E-state index in [-0.39, 0.29) is 11.9 Å². The maximum atomic E-state index is 9.70. The van der Waals surface area contributed by atoms with Crippen LogP contribution in [0.4, 0.5) is 5.69 Å². The maximum Gasteiger partial charge on any atom is 0.146 e. The molecule has 0 spiro atoms. The molecule has 2 aromatic carbocycles. The second kappa shape index (κ2) is 5.91. The summed E-state index contributed by atoms with van der Waals surface area (Å²) in [5.41, 5.74) is 5.00. The van der Waals surface area contributed by atoms with Gasteiger partial charge in [0.25, 0.3) is 0 Å². The van der Waals surface area contributed by atoms with Gasteiger partial charge in [0.1, 0.15) is 17.6 Å². The van der Waals surface area contributed by atoms with Gasteiger partial charge in [-0.05, 0) is 44.0 Å². The predicted molar refractivity (Wildman–Crippen MR) is 90.0 cm³/mol. The van der Waals surface area contributed by atoms with Gasteiger partial charge in [-0.3, -0.25) is 0 Å². The van der Waals surface area contributed by atoms with E-state index < -0.39 is 0 Å². The Balaban J connectivity index is 1.84. The first kappa shape index (κ1) is 14.8. The third kappa shape index (κ3) is 2.89. The minimum Gasteiger partial charge on any atom is -0.508 e. The smallest absolute Gasteiger partial charge is 0.146 e. The molecule has 0 bridgehead atoms. The first-order valence-electron chi connectivity index (χ1n) is 7.87. The van der Waals surface area contributed by atoms with Crippen LogP contribution in [0.25, 0.3) is 0 Å². The molecule has 0 amide bonds. The van der Waals surface area contributed by atoms with Crippen LogP contribution in [0.3, 0.4) is 0 Å². The number of ether oxygens (including phenoxy) is 1. The van der Waals surface area contributed by atoms with Crippen LogP contribution in [0.5, 0.6) is 11.5 Å². The van der Waals surface area contributed by atoms with Crippen molar-refractivity contribution in [2.75, 3.05) is 18.0 Å². The van der Waals surface area contributed by atoms with E-state index in [1.807, 2.05) is 6.07 Å². The molecule has 3 nitrogen and oxygen atoms in total. The van der Waals surface area contributed by atoms with Crippen molar-refractivity contribution in [1.82, 2.24) is 0 Å². The number of aryl methyl sites for hydroxylation is 2. The fourth-order valence-electron chi connectivity index (χ4n) is 3.15. The number of aromatic hydroxyl groups is 1. The van der Waals surface area contributed by atoms with Crippen LogP contribution in [-0.2, 0) is 6.42 Å². The van der Waals surface area contributed by atoms with Crippen LogP contribution in [0.1, 0.15) is 23.6 Å². The van der Waals surface area contributed by atoms with Crippen molar-refractivity contribution in [3.63, 3.8) is 0 Å². The number of phenols is 1. The van der Waals surface area contributed by atoms with E-state index in [1.54, 1.807) is 12.1 Å². The number of phenolic OH excluding ortho intramolecular Hbond substituents is 1. The lowest BCUT2D eigenvalue weighted by Gasteiger charge is -2.36. The normalized spacial score (nSPS) is 17.0. The van der Waals surface area contributed by atoms with Gasteiger partial charge in [0.15, 0.2) is 0 Å². The first-order chi connectivity index (χ1) is 10.6. The summed E-state index contributed by atoms with van der Waals surface area (Å²) in [4.78, 5) is 2.31. The Kier molecular flexibility index (Phi) is 3.97. The lowest BCUT2D eigenvalue weighted by atomic mass is 9.99. The molecule has 0 aliphatic carbocycles. The molecule has 3 heteroatoms. The van der Waals surface area contributed by atoms with Crippen molar-refractivity contribution < 1.29 is 9.84 Å². The van der Waals surface area contributed by atoms with E-state index in [0.717, 1.165) is 30.9 Å². The molecule has 2 aromatic rings. The number of hydrogen-bond acceptors (Lipinski definition) is 3. The largest absolute Gasteiger partial charge is 0.508 e. The zero-order valence-electron chi connectivity index (χ0n) is 13.5. The van der Waals surface area contributed by atoms with Gasteiger partial charge >= 0.3 is 0 Å². The Labute approximate surface area is 132 Å². The van der Waals surface area contributed by atoms with Crippen molar-refractivity contribution in [2.45, 2.75) is 33.3 Å². The van der Waals surface area contributed by atoms with E-state index in [0.29, 0.717) is 0 Å². The molecule has 1 atom stereocenters. The van der Waals surface area contributed by atoms with Gasteiger partial charge in [0.2, 0.25) is 0 Å². The fraction of sp³-hybridized carbons (Fsp3) is 0.368. The topological polar surface area (TPSA) is 32.7 Å². The van der Waals surface area contributed by atoms with Crippen LogP contribution in [0.15, 0.2) is 36.4 Å².